The number of aromatic nitrogens is 2. The molecule has 0 fully saturated rings. The van der Waals surface area contributed by atoms with Gasteiger partial charge in [0.2, 0.25) is 0 Å². The van der Waals surface area contributed by atoms with Gasteiger partial charge in [0.05, 0.1) is 18.3 Å². The van der Waals surface area contributed by atoms with Crippen LogP contribution in [0.15, 0.2) is 85.2 Å². The maximum atomic E-state index is 6.46. The van der Waals surface area contributed by atoms with Crippen molar-refractivity contribution in [1.29, 1.82) is 0 Å². The van der Waals surface area contributed by atoms with Crippen molar-refractivity contribution in [3.05, 3.63) is 113 Å². The predicted molar refractivity (Wildman–Crippen MR) is 146 cm³/mol. The van der Waals surface area contributed by atoms with Crippen molar-refractivity contribution in [2.24, 2.45) is 0 Å². The second kappa shape index (κ2) is 11.4. The van der Waals surface area contributed by atoms with Crippen LogP contribution in [0.5, 0.6) is 11.5 Å². The van der Waals surface area contributed by atoms with Crippen LogP contribution in [-0.2, 0) is 18.1 Å². The van der Waals surface area contributed by atoms with Crippen LogP contribution in [-0.4, -0.2) is 28.4 Å². The zero-order valence-corrected chi connectivity index (χ0v) is 21.6. The van der Waals surface area contributed by atoms with E-state index in [1.807, 2.05) is 59.9 Å². The van der Waals surface area contributed by atoms with Gasteiger partial charge >= 0.3 is 0 Å². The molecule has 6 heteroatoms. The number of hydroxylamine groups is 2. The Hall–Kier alpha value is -4.03. The Bertz CT molecular complexity index is 1330. The molecule has 0 unspecified atom stereocenters. The molecule has 37 heavy (non-hydrogen) atoms. The Labute approximate surface area is 218 Å². The van der Waals surface area contributed by atoms with E-state index in [2.05, 4.69) is 61.3 Å². The molecule has 5 rings (SSSR count). The lowest BCUT2D eigenvalue weighted by Gasteiger charge is -2.21. The second-order valence-corrected chi connectivity index (χ2v) is 9.43. The molecular weight excluding hydrogens is 462 g/mol. The molecule has 1 aliphatic heterocycles. The van der Waals surface area contributed by atoms with Gasteiger partial charge in [0.15, 0.2) is 5.76 Å². The molecule has 0 saturated heterocycles. The van der Waals surface area contributed by atoms with Crippen LogP contribution in [0.3, 0.4) is 0 Å². The van der Waals surface area contributed by atoms with E-state index >= 15 is 0 Å². The van der Waals surface area contributed by atoms with Crippen LogP contribution >= 0.6 is 0 Å². The third-order valence-corrected chi connectivity index (χ3v) is 6.48. The average Bonchev–Trinajstić information content (AvgIpc) is 3.62. The van der Waals surface area contributed by atoms with Crippen LogP contribution in [0.2, 0.25) is 0 Å². The molecule has 0 atom stereocenters. The SMILES string of the molecule is CCN1CC(c2cn[nH]c2)=C(c2cc(C(C)C)c(OCc3ccccc3)cc2OCc2ccccc2)O1. The summed E-state index contributed by atoms with van der Waals surface area (Å²) in [7, 11) is 0. The number of benzene rings is 3. The van der Waals surface area contributed by atoms with Gasteiger partial charge in [-0.15, -0.1) is 5.06 Å². The molecule has 1 N–H and O–H groups in total. The summed E-state index contributed by atoms with van der Waals surface area (Å²) < 4.78 is 12.8. The first-order valence-corrected chi connectivity index (χ1v) is 12.8. The van der Waals surface area contributed by atoms with E-state index in [9.17, 15) is 0 Å². The molecule has 0 amide bonds. The quantitative estimate of drug-likeness (QED) is 0.261. The number of aromatic amines is 1. The Kier molecular flexibility index (Phi) is 7.57. The zero-order valence-electron chi connectivity index (χ0n) is 21.6. The number of nitrogens with one attached hydrogen (secondary N) is 1. The van der Waals surface area contributed by atoms with Crippen LogP contribution in [0.1, 0.15) is 54.5 Å². The number of rotatable bonds is 10. The van der Waals surface area contributed by atoms with Gasteiger partial charge in [0.25, 0.3) is 0 Å². The average molecular weight is 496 g/mol. The summed E-state index contributed by atoms with van der Waals surface area (Å²) in [5.74, 6) is 2.59. The summed E-state index contributed by atoms with van der Waals surface area (Å²) in [4.78, 5) is 6.38. The summed E-state index contributed by atoms with van der Waals surface area (Å²) in [6.07, 6.45) is 3.74. The highest BCUT2D eigenvalue weighted by atomic mass is 16.7. The summed E-state index contributed by atoms with van der Waals surface area (Å²) in [6, 6.07) is 24.6. The minimum absolute atomic E-state index is 0.245. The van der Waals surface area contributed by atoms with Gasteiger partial charge in [-0.25, -0.2) is 0 Å². The van der Waals surface area contributed by atoms with Crippen molar-refractivity contribution in [2.45, 2.75) is 39.9 Å². The number of likely N-dealkylation sites (N-methyl/N-ethyl adjacent to an activating group) is 1. The van der Waals surface area contributed by atoms with Gasteiger partial charge in [-0.05, 0) is 35.6 Å². The third-order valence-electron chi connectivity index (χ3n) is 6.48. The number of nitrogens with zero attached hydrogens (tertiary/aromatic N) is 2. The summed E-state index contributed by atoms with van der Waals surface area (Å²) in [6.45, 7) is 8.81. The number of H-pyrrole nitrogens is 1. The first-order chi connectivity index (χ1) is 18.1. The van der Waals surface area contributed by atoms with Crippen molar-refractivity contribution in [1.82, 2.24) is 15.3 Å². The molecule has 0 bridgehead atoms. The highest BCUT2D eigenvalue weighted by molar-refractivity contribution is 5.91. The van der Waals surface area contributed by atoms with E-state index < -0.39 is 0 Å². The molecule has 4 aromatic rings. The highest BCUT2D eigenvalue weighted by Crippen LogP contribution is 2.43. The monoisotopic (exact) mass is 495 g/mol. The lowest BCUT2D eigenvalue weighted by Crippen LogP contribution is -2.18. The van der Waals surface area contributed by atoms with Crippen molar-refractivity contribution >= 4 is 11.3 Å². The van der Waals surface area contributed by atoms with Gasteiger partial charge < -0.3 is 14.3 Å². The minimum atomic E-state index is 0.245. The molecule has 190 valence electrons. The minimum Gasteiger partial charge on any atom is -0.488 e. The Morgan fingerprint density at radius 3 is 2.14 bits per heavy atom. The number of hydrogen-bond donors (Lipinski definition) is 1. The van der Waals surface area contributed by atoms with Gasteiger partial charge in [-0.2, -0.15) is 5.10 Å². The largest absolute Gasteiger partial charge is 0.488 e. The fraction of sp³-hybridized carbons (Fsp3) is 0.258. The molecule has 0 spiro atoms. The number of hydrogen-bond acceptors (Lipinski definition) is 5. The molecule has 6 nitrogen and oxygen atoms in total. The topological polar surface area (TPSA) is 59.6 Å². The van der Waals surface area contributed by atoms with Gasteiger partial charge in [-0.1, -0.05) is 74.5 Å². The predicted octanol–water partition coefficient (Wildman–Crippen LogP) is 6.83. The highest BCUT2D eigenvalue weighted by Gasteiger charge is 2.29. The van der Waals surface area contributed by atoms with Gasteiger partial charge in [0, 0.05) is 29.9 Å². The van der Waals surface area contributed by atoms with Crippen LogP contribution < -0.4 is 9.47 Å². The maximum Gasteiger partial charge on any atom is 0.163 e. The standard InChI is InChI=1S/C31H33N3O3/c1-4-34-19-28(25-17-32-33-18-25)31(37-34)27-15-26(22(2)3)29(35-20-23-11-7-5-8-12-23)16-30(27)36-21-24-13-9-6-10-14-24/h5-18,22H,4,19-21H2,1-3H3,(H,32,33). The Balaban J connectivity index is 1.58. The molecule has 2 heterocycles. The smallest absolute Gasteiger partial charge is 0.163 e. The molecule has 1 aromatic heterocycles. The molecular formula is C31H33N3O3. The first kappa shape index (κ1) is 24.7. The maximum absolute atomic E-state index is 6.46. The zero-order chi connectivity index (χ0) is 25.6. The van der Waals surface area contributed by atoms with Crippen LogP contribution in [0, 0.1) is 0 Å². The van der Waals surface area contributed by atoms with Crippen LogP contribution in [0.25, 0.3) is 11.3 Å². The van der Waals surface area contributed by atoms with E-state index in [-0.39, 0.29) is 5.92 Å². The van der Waals surface area contributed by atoms with E-state index in [4.69, 9.17) is 14.3 Å². The molecule has 1 aliphatic rings. The van der Waals surface area contributed by atoms with Crippen LogP contribution in [0.4, 0.5) is 0 Å². The fourth-order valence-electron chi connectivity index (χ4n) is 4.41. The van der Waals surface area contributed by atoms with Crippen molar-refractivity contribution in [3.63, 3.8) is 0 Å². The molecule has 0 radical (unpaired) electrons. The summed E-state index contributed by atoms with van der Waals surface area (Å²) in [5, 5.41) is 9.06. The third kappa shape index (κ3) is 5.70. The summed E-state index contributed by atoms with van der Waals surface area (Å²) >= 11 is 0. The second-order valence-electron chi connectivity index (χ2n) is 9.43. The first-order valence-electron chi connectivity index (χ1n) is 12.8. The Morgan fingerprint density at radius 1 is 0.919 bits per heavy atom. The van der Waals surface area contributed by atoms with E-state index in [1.54, 1.807) is 0 Å². The van der Waals surface area contributed by atoms with E-state index in [1.165, 1.54) is 0 Å². The molecule has 3 aromatic carbocycles. The fourth-order valence-corrected chi connectivity index (χ4v) is 4.41. The van der Waals surface area contributed by atoms with Gasteiger partial charge in [0.1, 0.15) is 24.7 Å². The molecule has 0 saturated carbocycles. The van der Waals surface area contributed by atoms with E-state index in [0.717, 1.165) is 57.2 Å². The summed E-state index contributed by atoms with van der Waals surface area (Å²) in [5.41, 5.74) is 6.33. The van der Waals surface area contributed by atoms with Gasteiger partial charge in [-0.3, -0.25) is 5.10 Å². The molecule has 0 aliphatic carbocycles. The Morgan fingerprint density at radius 2 is 1.57 bits per heavy atom. The van der Waals surface area contributed by atoms with Crippen molar-refractivity contribution in [2.75, 3.05) is 13.1 Å². The lowest BCUT2D eigenvalue weighted by atomic mass is 9.96. The van der Waals surface area contributed by atoms with Crippen molar-refractivity contribution in [3.8, 4) is 11.5 Å². The lowest BCUT2D eigenvalue weighted by molar-refractivity contribution is -0.0557. The van der Waals surface area contributed by atoms with E-state index in [0.29, 0.717) is 19.8 Å². The normalized spacial score (nSPS) is 13.7. The van der Waals surface area contributed by atoms with Crippen molar-refractivity contribution < 1.29 is 14.3 Å². The number of ether oxygens (including phenoxy) is 2.